The van der Waals surface area contributed by atoms with Crippen LogP contribution < -0.4 is 0 Å². The molecule has 1 N–H and O–H groups in total. The first-order valence-corrected chi connectivity index (χ1v) is 6.59. The maximum absolute atomic E-state index is 10.3. The van der Waals surface area contributed by atoms with Crippen LogP contribution in [0.1, 0.15) is 42.1 Å². The van der Waals surface area contributed by atoms with Gasteiger partial charge < -0.3 is 5.11 Å². The fourth-order valence-electron chi connectivity index (χ4n) is 2.19. The van der Waals surface area contributed by atoms with Gasteiger partial charge >= 0.3 is 0 Å². The summed E-state index contributed by atoms with van der Waals surface area (Å²) in [5.74, 6) is 0.802. The van der Waals surface area contributed by atoms with E-state index in [1.807, 2.05) is 24.6 Å². The molecule has 0 radical (unpaired) electrons. The SMILES string of the molecule is CCCn1ncnc1CC(O)c1ncc(C)cc1C. The van der Waals surface area contributed by atoms with Crippen molar-refractivity contribution in [2.75, 3.05) is 0 Å². The zero-order valence-corrected chi connectivity index (χ0v) is 11.7. The van der Waals surface area contributed by atoms with Crippen LogP contribution in [0.5, 0.6) is 0 Å². The maximum Gasteiger partial charge on any atom is 0.138 e. The van der Waals surface area contributed by atoms with Gasteiger partial charge in [0.25, 0.3) is 0 Å². The van der Waals surface area contributed by atoms with E-state index in [2.05, 4.69) is 22.0 Å². The van der Waals surface area contributed by atoms with Crippen molar-refractivity contribution in [2.45, 2.75) is 46.3 Å². The lowest BCUT2D eigenvalue weighted by atomic mass is 10.1. The van der Waals surface area contributed by atoms with Crippen LogP contribution in [0.4, 0.5) is 0 Å². The van der Waals surface area contributed by atoms with Crippen molar-refractivity contribution in [2.24, 2.45) is 0 Å². The largest absolute Gasteiger partial charge is 0.386 e. The summed E-state index contributed by atoms with van der Waals surface area (Å²) in [7, 11) is 0. The second-order valence-electron chi connectivity index (χ2n) is 4.83. The summed E-state index contributed by atoms with van der Waals surface area (Å²) in [6, 6.07) is 2.03. The number of pyridine rings is 1. The first kappa shape index (κ1) is 13.7. The van der Waals surface area contributed by atoms with Crippen LogP contribution in [-0.2, 0) is 13.0 Å². The van der Waals surface area contributed by atoms with Gasteiger partial charge in [0.05, 0.1) is 5.69 Å². The van der Waals surface area contributed by atoms with Crippen LogP contribution in [0.3, 0.4) is 0 Å². The molecule has 2 heterocycles. The highest BCUT2D eigenvalue weighted by Gasteiger charge is 2.16. The predicted octanol–water partition coefficient (Wildman–Crippen LogP) is 1.98. The van der Waals surface area contributed by atoms with E-state index in [9.17, 15) is 5.11 Å². The molecule has 0 saturated heterocycles. The van der Waals surface area contributed by atoms with Gasteiger partial charge in [0.15, 0.2) is 0 Å². The number of nitrogens with zero attached hydrogens (tertiary/aromatic N) is 4. The number of rotatable bonds is 5. The third-order valence-electron chi connectivity index (χ3n) is 3.08. The lowest BCUT2D eigenvalue weighted by Crippen LogP contribution is -2.12. The molecule has 1 atom stereocenters. The smallest absolute Gasteiger partial charge is 0.138 e. The molecule has 0 fully saturated rings. The van der Waals surface area contributed by atoms with E-state index in [0.29, 0.717) is 6.42 Å². The molecule has 0 spiro atoms. The van der Waals surface area contributed by atoms with Crippen molar-refractivity contribution in [3.05, 3.63) is 41.2 Å². The summed E-state index contributed by atoms with van der Waals surface area (Å²) in [6.07, 6.45) is 4.11. The quantitative estimate of drug-likeness (QED) is 0.892. The highest BCUT2D eigenvalue weighted by molar-refractivity contribution is 5.25. The van der Waals surface area contributed by atoms with Gasteiger partial charge in [0.2, 0.25) is 0 Å². The van der Waals surface area contributed by atoms with Gasteiger partial charge in [-0.05, 0) is 31.4 Å². The number of aryl methyl sites for hydroxylation is 3. The van der Waals surface area contributed by atoms with Gasteiger partial charge in [-0.15, -0.1) is 0 Å². The summed E-state index contributed by atoms with van der Waals surface area (Å²) < 4.78 is 1.84. The molecule has 102 valence electrons. The van der Waals surface area contributed by atoms with Gasteiger partial charge in [-0.25, -0.2) is 4.98 Å². The van der Waals surface area contributed by atoms with Crippen LogP contribution in [0.2, 0.25) is 0 Å². The summed E-state index contributed by atoms with van der Waals surface area (Å²) in [4.78, 5) is 8.54. The third-order valence-corrected chi connectivity index (χ3v) is 3.08. The number of aliphatic hydroxyl groups is 1. The molecular weight excluding hydrogens is 240 g/mol. The molecule has 0 aliphatic carbocycles. The van der Waals surface area contributed by atoms with Crippen LogP contribution in [-0.4, -0.2) is 24.9 Å². The van der Waals surface area contributed by atoms with Gasteiger partial charge in [-0.3, -0.25) is 9.67 Å². The molecule has 0 aliphatic rings. The highest BCUT2D eigenvalue weighted by atomic mass is 16.3. The van der Waals surface area contributed by atoms with Crippen molar-refractivity contribution in [1.82, 2.24) is 19.7 Å². The van der Waals surface area contributed by atoms with E-state index in [1.54, 1.807) is 6.20 Å². The Morgan fingerprint density at radius 1 is 1.32 bits per heavy atom. The minimum atomic E-state index is -0.639. The molecule has 0 aliphatic heterocycles. The maximum atomic E-state index is 10.3. The Kier molecular flexibility index (Phi) is 4.27. The zero-order valence-electron chi connectivity index (χ0n) is 11.7. The monoisotopic (exact) mass is 260 g/mol. The van der Waals surface area contributed by atoms with E-state index in [-0.39, 0.29) is 0 Å². The second kappa shape index (κ2) is 5.93. The van der Waals surface area contributed by atoms with E-state index < -0.39 is 6.10 Å². The van der Waals surface area contributed by atoms with Crippen molar-refractivity contribution in [1.29, 1.82) is 0 Å². The molecule has 2 aromatic heterocycles. The molecule has 0 bridgehead atoms. The lowest BCUT2D eigenvalue weighted by molar-refractivity contribution is 0.168. The highest BCUT2D eigenvalue weighted by Crippen LogP contribution is 2.19. The molecule has 0 aromatic carbocycles. The Labute approximate surface area is 113 Å². The average molecular weight is 260 g/mol. The first-order valence-electron chi connectivity index (χ1n) is 6.59. The zero-order chi connectivity index (χ0) is 13.8. The summed E-state index contributed by atoms with van der Waals surface area (Å²) in [6.45, 7) is 6.87. The number of hydrogen-bond acceptors (Lipinski definition) is 4. The number of aromatic nitrogens is 4. The van der Waals surface area contributed by atoms with E-state index in [4.69, 9.17) is 0 Å². The predicted molar refractivity (Wildman–Crippen MR) is 72.7 cm³/mol. The number of hydrogen-bond donors (Lipinski definition) is 1. The average Bonchev–Trinajstić information content (AvgIpc) is 2.77. The molecule has 0 amide bonds. The molecule has 2 rings (SSSR count). The van der Waals surface area contributed by atoms with E-state index in [1.165, 1.54) is 6.33 Å². The van der Waals surface area contributed by atoms with Crippen LogP contribution >= 0.6 is 0 Å². The minimum Gasteiger partial charge on any atom is -0.386 e. The molecule has 5 nitrogen and oxygen atoms in total. The molecule has 1 unspecified atom stereocenters. The lowest BCUT2D eigenvalue weighted by Gasteiger charge is -2.13. The summed E-state index contributed by atoms with van der Waals surface area (Å²) in [5, 5.41) is 14.5. The third kappa shape index (κ3) is 3.17. The Morgan fingerprint density at radius 2 is 2.11 bits per heavy atom. The number of aliphatic hydroxyl groups excluding tert-OH is 1. The molecule has 5 heteroatoms. The van der Waals surface area contributed by atoms with Gasteiger partial charge in [0, 0.05) is 19.2 Å². The molecule has 2 aromatic rings. The van der Waals surface area contributed by atoms with Crippen molar-refractivity contribution < 1.29 is 5.11 Å². The fourth-order valence-corrected chi connectivity index (χ4v) is 2.19. The normalized spacial score (nSPS) is 12.6. The Morgan fingerprint density at radius 3 is 2.79 bits per heavy atom. The van der Waals surface area contributed by atoms with Gasteiger partial charge in [0.1, 0.15) is 18.3 Å². The molecule has 19 heavy (non-hydrogen) atoms. The summed E-state index contributed by atoms with van der Waals surface area (Å²) in [5.41, 5.74) is 2.83. The van der Waals surface area contributed by atoms with Gasteiger partial charge in [-0.1, -0.05) is 13.0 Å². The Balaban J connectivity index is 2.16. The van der Waals surface area contributed by atoms with Crippen LogP contribution in [0.15, 0.2) is 18.6 Å². The van der Waals surface area contributed by atoms with Gasteiger partial charge in [-0.2, -0.15) is 5.10 Å². The molecular formula is C14H20N4O. The standard InChI is InChI=1S/C14H20N4O/c1-4-5-18-13(16-9-17-18)7-12(19)14-11(3)6-10(2)8-15-14/h6,8-9,12,19H,4-5,7H2,1-3H3. The van der Waals surface area contributed by atoms with Crippen LogP contribution in [0.25, 0.3) is 0 Å². The first-order chi connectivity index (χ1) is 9.11. The topological polar surface area (TPSA) is 63.8 Å². The Hall–Kier alpha value is -1.75. The molecule has 0 saturated carbocycles. The van der Waals surface area contributed by atoms with Crippen molar-refractivity contribution in [3.8, 4) is 0 Å². The second-order valence-corrected chi connectivity index (χ2v) is 4.83. The minimum absolute atomic E-state index is 0.441. The Bertz CT molecular complexity index is 550. The van der Waals surface area contributed by atoms with E-state index >= 15 is 0 Å². The summed E-state index contributed by atoms with van der Waals surface area (Å²) >= 11 is 0. The van der Waals surface area contributed by atoms with Crippen LogP contribution in [0, 0.1) is 13.8 Å². The van der Waals surface area contributed by atoms with Crippen molar-refractivity contribution >= 4 is 0 Å². The van der Waals surface area contributed by atoms with E-state index in [0.717, 1.165) is 35.6 Å². The fraction of sp³-hybridized carbons (Fsp3) is 0.500. The van der Waals surface area contributed by atoms with Crippen molar-refractivity contribution in [3.63, 3.8) is 0 Å².